The molecule has 1 aromatic heterocycles. The molecular weight excluding hydrogens is 229 g/mol. The number of nitrogens with two attached hydrogens (primary N) is 1. The number of hydrogen-bond acceptors (Lipinski definition) is 2. The van der Waals surface area contributed by atoms with Crippen LogP contribution >= 0.6 is 0 Å². The number of pyridine rings is 1. The van der Waals surface area contributed by atoms with Gasteiger partial charge in [-0.3, -0.25) is 4.98 Å². The van der Waals surface area contributed by atoms with Gasteiger partial charge < -0.3 is 5.73 Å². The SMILES string of the molecule is NCC(CC1CC1)c1ccc(C(F)(F)F)nc1. The highest BCUT2D eigenvalue weighted by Gasteiger charge is 2.32. The van der Waals surface area contributed by atoms with E-state index in [9.17, 15) is 13.2 Å². The highest BCUT2D eigenvalue weighted by Crippen LogP contribution is 2.38. The van der Waals surface area contributed by atoms with Crippen LogP contribution in [-0.2, 0) is 6.18 Å². The molecule has 1 heterocycles. The second-order valence-corrected chi connectivity index (χ2v) is 4.59. The van der Waals surface area contributed by atoms with Crippen molar-refractivity contribution in [1.29, 1.82) is 0 Å². The number of hydrogen-bond donors (Lipinski definition) is 1. The van der Waals surface area contributed by atoms with E-state index in [2.05, 4.69) is 4.98 Å². The van der Waals surface area contributed by atoms with E-state index in [4.69, 9.17) is 5.73 Å². The Bertz CT molecular complexity index is 368. The Kier molecular flexibility index (Phi) is 3.38. The molecule has 1 saturated carbocycles. The summed E-state index contributed by atoms with van der Waals surface area (Å²) in [5.74, 6) is 0.836. The van der Waals surface area contributed by atoms with Crippen LogP contribution in [0.3, 0.4) is 0 Å². The average molecular weight is 244 g/mol. The fraction of sp³-hybridized carbons (Fsp3) is 0.583. The van der Waals surface area contributed by atoms with E-state index in [0.717, 1.165) is 18.1 Å². The van der Waals surface area contributed by atoms with Crippen LogP contribution < -0.4 is 5.73 Å². The summed E-state index contributed by atoms with van der Waals surface area (Å²) >= 11 is 0. The van der Waals surface area contributed by atoms with E-state index in [1.165, 1.54) is 25.1 Å². The molecule has 1 fully saturated rings. The van der Waals surface area contributed by atoms with Gasteiger partial charge in [0, 0.05) is 6.20 Å². The maximum absolute atomic E-state index is 12.3. The third kappa shape index (κ3) is 3.19. The second-order valence-electron chi connectivity index (χ2n) is 4.59. The minimum absolute atomic E-state index is 0.136. The lowest BCUT2D eigenvalue weighted by Gasteiger charge is -2.15. The standard InChI is InChI=1S/C12H15F3N2/c13-12(14,15)11-4-3-9(7-17-11)10(6-16)5-8-1-2-8/h3-4,7-8,10H,1-2,5-6,16H2. The van der Waals surface area contributed by atoms with E-state index >= 15 is 0 Å². The lowest BCUT2D eigenvalue weighted by Crippen LogP contribution is -2.14. The maximum atomic E-state index is 12.3. The van der Waals surface area contributed by atoms with Crippen LogP contribution in [-0.4, -0.2) is 11.5 Å². The van der Waals surface area contributed by atoms with Crippen LogP contribution in [0.25, 0.3) is 0 Å². The normalized spacial score (nSPS) is 18.1. The first kappa shape index (κ1) is 12.4. The van der Waals surface area contributed by atoms with Crippen molar-refractivity contribution >= 4 is 0 Å². The van der Waals surface area contributed by atoms with Crippen LogP contribution in [0.5, 0.6) is 0 Å². The average Bonchev–Trinajstić information content (AvgIpc) is 3.09. The Hall–Kier alpha value is -1.10. The Labute approximate surface area is 98.0 Å². The van der Waals surface area contributed by atoms with Gasteiger partial charge in [0.2, 0.25) is 0 Å². The van der Waals surface area contributed by atoms with Crippen molar-refractivity contribution in [3.63, 3.8) is 0 Å². The zero-order valence-corrected chi connectivity index (χ0v) is 9.37. The Balaban J connectivity index is 2.09. The molecular formula is C12H15F3N2. The number of alkyl halides is 3. The van der Waals surface area contributed by atoms with Crippen molar-refractivity contribution in [2.75, 3.05) is 6.54 Å². The molecule has 0 aliphatic heterocycles. The van der Waals surface area contributed by atoms with Gasteiger partial charge in [-0.25, -0.2) is 0 Å². The molecule has 1 aliphatic rings. The number of aromatic nitrogens is 1. The minimum atomic E-state index is -4.37. The predicted octanol–water partition coefficient (Wildman–Crippen LogP) is 2.94. The molecule has 5 heteroatoms. The molecule has 0 aromatic carbocycles. The third-order valence-corrected chi connectivity index (χ3v) is 3.15. The van der Waals surface area contributed by atoms with Gasteiger partial charge in [0.15, 0.2) is 0 Å². The van der Waals surface area contributed by atoms with Crippen molar-refractivity contribution in [3.8, 4) is 0 Å². The molecule has 94 valence electrons. The largest absolute Gasteiger partial charge is 0.433 e. The topological polar surface area (TPSA) is 38.9 Å². The number of halogens is 3. The molecule has 0 bridgehead atoms. The quantitative estimate of drug-likeness (QED) is 0.884. The van der Waals surface area contributed by atoms with Crippen molar-refractivity contribution in [2.24, 2.45) is 11.7 Å². The summed E-state index contributed by atoms with van der Waals surface area (Å²) in [6.45, 7) is 0.462. The van der Waals surface area contributed by atoms with Crippen LogP contribution in [0, 0.1) is 5.92 Å². The zero-order chi connectivity index (χ0) is 12.5. The van der Waals surface area contributed by atoms with E-state index in [1.807, 2.05) is 0 Å². The summed E-state index contributed by atoms with van der Waals surface area (Å²) in [5, 5.41) is 0. The molecule has 2 N–H and O–H groups in total. The fourth-order valence-corrected chi connectivity index (χ4v) is 1.94. The van der Waals surface area contributed by atoms with Gasteiger partial charge >= 0.3 is 6.18 Å². The Morgan fingerprint density at radius 3 is 2.47 bits per heavy atom. The Morgan fingerprint density at radius 2 is 2.06 bits per heavy atom. The molecule has 1 aromatic rings. The van der Waals surface area contributed by atoms with Gasteiger partial charge in [0.05, 0.1) is 0 Å². The first-order valence-corrected chi connectivity index (χ1v) is 5.74. The van der Waals surface area contributed by atoms with Crippen LogP contribution in [0.15, 0.2) is 18.3 Å². The summed E-state index contributed by atoms with van der Waals surface area (Å²) in [6, 6.07) is 2.53. The van der Waals surface area contributed by atoms with E-state index < -0.39 is 11.9 Å². The monoisotopic (exact) mass is 244 g/mol. The van der Waals surface area contributed by atoms with E-state index in [1.54, 1.807) is 0 Å². The number of rotatable bonds is 4. The molecule has 0 radical (unpaired) electrons. The van der Waals surface area contributed by atoms with Gasteiger partial charge in [-0.05, 0) is 36.4 Å². The van der Waals surface area contributed by atoms with Crippen molar-refractivity contribution in [2.45, 2.75) is 31.4 Å². The molecule has 0 amide bonds. The van der Waals surface area contributed by atoms with Gasteiger partial charge in [-0.1, -0.05) is 18.9 Å². The zero-order valence-electron chi connectivity index (χ0n) is 9.37. The molecule has 1 aliphatic carbocycles. The van der Waals surface area contributed by atoms with Crippen molar-refractivity contribution in [3.05, 3.63) is 29.6 Å². The molecule has 1 atom stereocenters. The number of nitrogens with zero attached hydrogens (tertiary/aromatic N) is 1. The minimum Gasteiger partial charge on any atom is -0.330 e. The fourth-order valence-electron chi connectivity index (χ4n) is 1.94. The van der Waals surface area contributed by atoms with Crippen molar-refractivity contribution in [1.82, 2.24) is 4.98 Å². The lowest BCUT2D eigenvalue weighted by molar-refractivity contribution is -0.141. The van der Waals surface area contributed by atoms with E-state index in [0.29, 0.717) is 12.5 Å². The highest BCUT2D eigenvalue weighted by atomic mass is 19.4. The molecule has 2 nitrogen and oxygen atoms in total. The smallest absolute Gasteiger partial charge is 0.330 e. The summed E-state index contributed by atoms with van der Waals surface area (Å²) in [5.41, 5.74) is 5.62. The van der Waals surface area contributed by atoms with Gasteiger partial charge in [0.1, 0.15) is 5.69 Å². The molecule has 2 rings (SSSR count). The summed E-state index contributed by atoms with van der Waals surface area (Å²) < 4.78 is 37.0. The first-order valence-electron chi connectivity index (χ1n) is 5.74. The molecule has 17 heavy (non-hydrogen) atoms. The first-order chi connectivity index (χ1) is 8.00. The summed E-state index contributed by atoms with van der Waals surface area (Å²) in [7, 11) is 0. The maximum Gasteiger partial charge on any atom is 0.433 e. The second kappa shape index (κ2) is 4.64. The Morgan fingerprint density at radius 1 is 1.35 bits per heavy atom. The van der Waals surface area contributed by atoms with Crippen molar-refractivity contribution < 1.29 is 13.2 Å². The lowest BCUT2D eigenvalue weighted by atomic mass is 9.95. The third-order valence-electron chi connectivity index (χ3n) is 3.15. The molecule has 0 spiro atoms. The molecule has 1 unspecified atom stereocenters. The molecule has 0 saturated heterocycles. The van der Waals surface area contributed by atoms with Crippen LogP contribution in [0.4, 0.5) is 13.2 Å². The van der Waals surface area contributed by atoms with Crippen LogP contribution in [0.2, 0.25) is 0 Å². The van der Waals surface area contributed by atoms with Gasteiger partial charge in [-0.15, -0.1) is 0 Å². The van der Waals surface area contributed by atoms with Crippen LogP contribution in [0.1, 0.15) is 36.4 Å². The van der Waals surface area contributed by atoms with Gasteiger partial charge in [0.25, 0.3) is 0 Å². The van der Waals surface area contributed by atoms with E-state index in [-0.39, 0.29) is 5.92 Å². The summed E-state index contributed by atoms with van der Waals surface area (Å²) in [6.07, 6.45) is 0.328. The highest BCUT2D eigenvalue weighted by molar-refractivity contribution is 5.20. The summed E-state index contributed by atoms with van der Waals surface area (Å²) in [4.78, 5) is 3.47. The predicted molar refractivity (Wildman–Crippen MR) is 58.4 cm³/mol. The van der Waals surface area contributed by atoms with Gasteiger partial charge in [-0.2, -0.15) is 13.2 Å².